The second kappa shape index (κ2) is 8.04. The third-order valence-electron chi connectivity index (χ3n) is 6.13. The molecular weight excluding hydrogens is 398 g/mol. The zero-order chi connectivity index (χ0) is 22.2. The maximum atomic E-state index is 13.1. The van der Waals surface area contributed by atoms with Crippen LogP contribution in [0.15, 0.2) is 72.6 Å². The fourth-order valence-electron chi connectivity index (χ4n) is 4.24. The lowest BCUT2D eigenvalue weighted by Gasteiger charge is -2.12. The minimum atomic E-state index is -0.0955. The van der Waals surface area contributed by atoms with Gasteiger partial charge in [0.25, 0.3) is 0 Å². The zero-order valence-electron chi connectivity index (χ0n) is 18.5. The topological polar surface area (TPSA) is 40.5 Å². The van der Waals surface area contributed by atoms with E-state index in [4.69, 9.17) is 9.47 Å². The van der Waals surface area contributed by atoms with Crippen molar-refractivity contribution in [2.75, 3.05) is 0 Å². The van der Waals surface area contributed by atoms with Crippen LogP contribution < -0.4 is 9.47 Å². The van der Waals surface area contributed by atoms with Gasteiger partial charge >= 0.3 is 0 Å². The van der Waals surface area contributed by atoms with Crippen molar-refractivity contribution in [1.82, 2.24) is 4.57 Å². The van der Waals surface area contributed by atoms with Crippen molar-refractivity contribution in [2.24, 2.45) is 0 Å². The zero-order valence-corrected chi connectivity index (χ0v) is 18.5. The number of rotatable bonds is 5. The highest BCUT2D eigenvalue weighted by molar-refractivity contribution is 6.15. The van der Waals surface area contributed by atoms with Gasteiger partial charge in [0, 0.05) is 34.8 Å². The number of aromatic nitrogens is 1. The Bertz CT molecular complexity index is 1380. The average Bonchev–Trinajstić information content (AvgIpc) is 3.33. The molecule has 4 aromatic rings. The fraction of sp³-hybridized carbons (Fsp3) is 0.179. The Morgan fingerprint density at radius 3 is 2.59 bits per heavy atom. The molecular formula is C28H25NO3. The number of carbonyl (C=O) groups excluding carboxylic acids is 1. The molecule has 0 bridgehead atoms. The number of benzene rings is 3. The van der Waals surface area contributed by atoms with Gasteiger partial charge in [-0.3, -0.25) is 4.79 Å². The number of carbonyl (C=O) groups is 1. The molecule has 0 spiro atoms. The highest BCUT2D eigenvalue weighted by Crippen LogP contribution is 2.40. The Morgan fingerprint density at radius 2 is 1.78 bits per heavy atom. The molecule has 0 unspecified atom stereocenters. The Balaban J connectivity index is 1.45. The average molecular weight is 424 g/mol. The summed E-state index contributed by atoms with van der Waals surface area (Å²) in [5.41, 5.74) is 5.87. The molecule has 4 nitrogen and oxygen atoms in total. The molecule has 0 radical (unpaired) electrons. The molecule has 1 aliphatic rings. The van der Waals surface area contributed by atoms with Gasteiger partial charge in [-0.05, 0) is 56.2 Å². The van der Waals surface area contributed by atoms with Crippen LogP contribution >= 0.6 is 0 Å². The minimum Gasteiger partial charge on any atom is -0.488 e. The van der Waals surface area contributed by atoms with Crippen LogP contribution in [0.4, 0.5) is 0 Å². The quantitative estimate of drug-likeness (QED) is 0.345. The molecule has 5 rings (SSSR count). The molecule has 0 fully saturated rings. The highest BCUT2D eigenvalue weighted by Gasteiger charge is 2.30. The summed E-state index contributed by atoms with van der Waals surface area (Å²) in [5.74, 6) is 1.56. The van der Waals surface area contributed by atoms with E-state index in [2.05, 4.69) is 48.9 Å². The Morgan fingerprint density at radius 1 is 1.00 bits per heavy atom. The van der Waals surface area contributed by atoms with Gasteiger partial charge in [-0.25, -0.2) is 0 Å². The molecule has 0 N–H and O–H groups in total. The van der Waals surface area contributed by atoms with Crippen molar-refractivity contribution in [3.63, 3.8) is 0 Å². The van der Waals surface area contributed by atoms with E-state index in [1.807, 2.05) is 43.3 Å². The van der Waals surface area contributed by atoms with Crippen molar-refractivity contribution in [2.45, 2.75) is 33.9 Å². The first-order chi connectivity index (χ1) is 15.6. The number of para-hydroxylation sites is 1. The molecule has 160 valence electrons. The van der Waals surface area contributed by atoms with Crippen LogP contribution in [-0.2, 0) is 13.2 Å². The second-order valence-electron chi connectivity index (χ2n) is 8.11. The number of aryl methyl sites for hydroxylation is 2. The van der Waals surface area contributed by atoms with Crippen LogP contribution in [0, 0.1) is 13.8 Å². The highest BCUT2D eigenvalue weighted by atomic mass is 16.5. The summed E-state index contributed by atoms with van der Waals surface area (Å²) < 4.78 is 14.3. The van der Waals surface area contributed by atoms with E-state index in [0.29, 0.717) is 23.7 Å². The predicted octanol–water partition coefficient (Wildman–Crippen LogP) is 6.47. The number of allylic oxidation sites excluding steroid dienone is 1. The summed E-state index contributed by atoms with van der Waals surface area (Å²) in [6.45, 7) is 7.45. The summed E-state index contributed by atoms with van der Waals surface area (Å²) in [7, 11) is 0. The molecule has 0 aliphatic carbocycles. The lowest BCUT2D eigenvalue weighted by molar-refractivity contribution is 0.101. The largest absolute Gasteiger partial charge is 0.488 e. The maximum absolute atomic E-state index is 13.1. The number of hydrogen-bond acceptors (Lipinski definition) is 3. The van der Waals surface area contributed by atoms with Crippen LogP contribution in [0.5, 0.6) is 11.5 Å². The van der Waals surface area contributed by atoms with Crippen LogP contribution in [0.2, 0.25) is 0 Å². The van der Waals surface area contributed by atoms with Crippen LogP contribution in [0.3, 0.4) is 0 Å². The molecule has 3 aromatic carbocycles. The first-order valence-electron chi connectivity index (χ1n) is 10.9. The SMILES string of the molecule is CCn1cc(C=C2Oc3c(ccc(OCc4ccccc4C)c3C)C2=O)c2ccccc21. The van der Waals surface area contributed by atoms with Crippen molar-refractivity contribution >= 4 is 22.8 Å². The number of hydrogen-bond donors (Lipinski definition) is 0. The van der Waals surface area contributed by atoms with Gasteiger partial charge in [-0.2, -0.15) is 0 Å². The van der Waals surface area contributed by atoms with E-state index in [1.165, 1.54) is 5.56 Å². The van der Waals surface area contributed by atoms with Crippen molar-refractivity contribution in [3.8, 4) is 11.5 Å². The van der Waals surface area contributed by atoms with E-state index in [1.54, 1.807) is 6.07 Å². The molecule has 0 saturated carbocycles. The smallest absolute Gasteiger partial charge is 0.231 e. The predicted molar refractivity (Wildman–Crippen MR) is 127 cm³/mol. The van der Waals surface area contributed by atoms with E-state index in [-0.39, 0.29) is 5.78 Å². The Hall–Kier alpha value is -3.79. The normalized spacial score (nSPS) is 14.1. The van der Waals surface area contributed by atoms with E-state index in [9.17, 15) is 4.79 Å². The Kier molecular flexibility index (Phi) is 5.06. The first kappa shape index (κ1) is 20.1. The van der Waals surface area contributed by atoms with Crippen molar-refractivity contribution < 1.29 is 14.3 Å². The molecule has 1 aliphatic heterocycles. The molecule has 1 aromatic heterocycles. The molecule has 4 heteroatoms. The summed E-state index contributed by atoms with van der Waals surface area (Å²) >= 11 is 0. The molecule has 2 heterocycles. The van der Waals surface area contributed by atoms with Gasteiger partial charge in [0.1, 0.15) is 18.1 Å². The van der Waals surface area contributed by atoms with Crippen molar-refractivity contribution in [3.05, 3.63) is 100 Å². The number of Topliss-reactive ketones (excluding diaryl/α,β-unsaturated/α-hetero) is 1. The van der Waals surface area contributed by atoms with E-state index < -0.39 is 0 Å². The van der Waals surface area contributed by atoms with Crippen molar-refractivity contribution in [1.29, 1.82) is 0 Å². The summed E-state index contributed by atoms with van der Waals surface area (Å²) in [5, 5.41) is 1.10. The number of ketones is 1. The third kappa shape index (κ3) is 3.38. The second-order valence-corrected chi connectivity index (χ2v) is 8.11. The van der Waals surface area contributed by atoms with E-state index in [0.717, 1.165) is 39.9 Å². The van der Waals surface area contributed by atoms with Crippen LogP contribution in [-0.4, -0.2) is 10.4 Å². The summed E-state index contributed by atoms with van der Waals surface area (Å²) in [6, 6.07) is 20.0. The van der Waals surface area contributed by atoms with Gasteiger partial charge in [0.05, 0.1) is 5.56 Å². The van der Waals surface area contributed by atoms with Gasteiger partial charge in [-0.1, -0.05) is 42.5 Å². The fourth-order valence-corrected chi connectivity index (χ4v) is 4.24. The van der Waals surface area contributed by atoms with Gasteiger partial charge in [0.15, 0.2) is 5.76 Å². The minimum absolute atomic E-state index is 0.0955. The molecule has 0 atom stereocenters. The summed E-state index contributed by atoms with van der Waals surface area (Å²) in [4.78, 5) is 13.1. The van der Waals surface area contributed by atoms with Gasteiger partial charge in [0.2, 0.25) is 5.78 Å². The molecule has 32 heavy (non-hydrogen) atoms. The number of ether oxygens (including phenoxy) is 2. The lowest BCUT2D eigenvalue weighted by atomic mass is 10.1. The van der Waals surface area contributed by atoms with Crippen LogP contribution in [0.1, 0.15) is 39.5 Å². The molecule has 0 amide bonds. The standard InChI is InChI=1S/C28H25NO3/c1-4-29-16-21(22-11-7-8-12-24(22)29)15-26-27(30)23-13-14-25(19(3)28(23)32-26)31-17-20-10-6-5-9-18(20)2/h5-16H,4,17H2,1-3H3. The van der Waals surface area contributed by atoms with Crippen LogP contribution in [0.25, 0.3) is 17.0 Å². The third-order valence-corrected chi connectivity index (χ3v) is 6.13. The number of fused-ring (bicyclic) bond motifs is 2. The summed E-state index contributed by atoms with van der Waals surface area (Å²) in [6.07, 6.45) is 3.92. The lowest BCUT2D eigenvalue weighted by Crippen LogP contribution is -2.00. The molecule has 0 saturated heterocycles. The van der Waals surface area contributed by atoms with Gasteiger partial charge < -0.3 is 14.0 Å². The maximum Gasteiger partial charge on any atom is 0.231 e. The number of nitrogens with zero attached hydrogens (tertiary/aromatic N) is 1. The first-order valence-corrected chi connectivity index (χ1v) is 10.9. The van der Waals surface area contributed by atoms with Gasteiger partial charge in [-0.15, -0.1) is 0 Å². The monoisotopic (exact) mass is 423 g/mol. The Labute approximate surface area is 187 Å². The van der Waals surface area contributed by atoms with E-state index >= 15 is 0 Å².